The molecule has 1 N–H and O–H groups in total. The highest BCUT2D eigenvalue weighted by molar-refractivity contribution is 14.1. The zero-order valence-electron chi connectivity index (χ0n) is 9.05. The Kier molecular flexibility index (Phi) is 4.19. The average Bonchev–Trinajstić information content (AvgIpc) is 2.36. The van der Waals surface area contributed by atoms with Gasteiger partial charge in [0.2, 0.25) is 0 Å². The molecule has 0 unspecified atom stereocenters. The predicted octanol–water partition coefficient (Wildman–Crippen LogP) is 4.81. The molecule has 0 saturated carbocycles. The molecule has 0 heterocycles. The van der Waals surface area contributed by atoms with Crippen molar-refractivity contribution in [3.8, 4) is 6.07 Å². The summed E-state index contributed by atoms with van der Waals surface area (Å²) in [6, 6.07) is 11.8. The summed E-state index contributed by atoms with van der Waals surface area (Å²) in [5.41, 5.74) is 1.73. The van der Waals surface area contributed by atoms with Crippen LogP contribution in [-0.4, -0.2) is 0 Å². The van der Waals surface area contributed by atoms with Crippen molar-refractivity contribution in [1.82, 2.24) is 0 Å². The molecule has 0 spiro atoms. The number of nitrogens with zero attached hydrogens (tertiary/aromatic N) is 1. The molecule has 0 aliphatic carbocycles. The van der Waals surface area contributed by atoms with E-state index < -0.39 is 5.82 Å². The second kappa shape index (κ2) is 5.67. The summed E-state index contributed by atoms with van der Waals surface area (Å²) in [6.07, 6.45) is 0. The monoisotopic (exact) mass is 416 g/mol. The summed E-state index contributed by atoms with van der Waals surface area (Å²) in [5, 5.41) is 12.1. The molecule has 5 heteroatoms. The molecule has 0 atom stereocenters. The number of benzene rings is 2. The van der Waals surface area contributed by atoms with E-state index in [1.165, 1.54) is 12.1 Å². The summed E-state index contributed by atoms with van der Waals surface area (Å²) in [6.45, 7) is 0. The Morgan fingerprint density at radius 2 is 2.00 bits per heavy atom. The fourth-order valence-electron chi connectivity index (χ4n) is 1.45. The summed E-state index contributed by atoms with van der Waals surface area (Å²) >= 11 is 5.62. The van der Waals surface area contributed by atoms with Gasteiger partial charge in [0.1, 0.15) is 11.9 Å². The molecule has 2 aromatic carbocycles. The van der Waals surface area contributed by atoms with Gasteiger partial charge in [0.25, 0.3) is 0 Å². The summed E-state index contributed by atoms with van der Waals surface area (Å²) in [5.74, 6) is -0.414. The van der Waals surface area contributed by atoms with Gasteiger partial charge < -0.3 is 5.32 Å². The van der Waals surface area contributed by atoms with Crippen LogP contribution in [0.25, 0.3) is 0 Å². The van der Waals surface area contributed by atoms with Crippen LogP contribution in [0.3, 0.4) is 0 Å². The topological polar surface area (TPSA) is 35.8 Å². The number of halogens is 3. The van der Waals surface area contributed by atoms with E-state index in [9.17, 15) is 4.39 Å². The summed E-state index contributed by atoms with van der Waals surface area (Å²) in [7, 11) is 0. The van der Waals surface area contributed by atoms with Crippen LogP contribution in [0.15, 0.2) is 40.9 Å². The minimum absolute atomic E-state index is 0.285. The SMILES string of the molecule is N#Cc1cc(F)ccc1Nc1ccc(Br)c(I)c1. The zero-order chi connectivity index (χ0) is 13.1. The molecular weight excluding hydrogens is 410 g/mol. The molecule has 0 saturated heterocycles. The number of hydrogen-bond donors (Lipinski definition) is 1. The third-order valence-electron chi connectivity index (χ3n) is 2.30. The third-order valence-corrected chi connectivity index (χ3v) is 4.63. The van der Waals surface area contributed by atoms with Gasteiger partial charge in [0.05, 0.1) is 11.3 Å². The number of nitrogens with one attached hydrogen (secondary N) is 1. The van der Waals surface area contributed by atoms with Gasteiger partial charge in [-0.2, -0.15) is 5.26 Å². The third kappa shape index (κ3) is 3.00. The molecule has 0 radical (unpaired) electrons. The second-order valence-corrected chi connectivity index (χ2v) is 5.57. The van der Waals surface area contributed by atoms with Crippen LogP contribution in [0.1, 0.15) is 5.56 Å². The van der Waals surface area contributed by atoms with Crippen LogP contribution in [0, 0.1) is 20.7 Å². The summed E-state index contributed by atoms with van der Waals surface area (Å²) in [4.78, 5) is 0. The van der Waals surface area contributed by atoms with Crippen molar-refractivity contribution < 1.29 is 4.39 Å². The molecule has 0 fully saturated rings. The lowest BCUT2D eigenvalue weighted by Gasteiger charge is -2.09. The van der Waals surface area contributed by atoms with Gasteiger partial charge in [0.15, 0.2) is 0 Å². The van der Waals surface area contributed by atoms with Crippen molar-refractivity contribution in [2.24, 2.45) is 0 Å². The number of hydrogen-bond acceptors (Lipinski definition) is 2. The predicted molar refractivity (Wildman–Crippen MR) is 81.3 cm³/mol. The van der Waals surface area contributed by atoms with Crippen LogP contribution >= 0.6 is 38.5 Å². The first kappa shape index (κ1) is 13.3. The molecule has 2 nitrogen and oxygen atoms in total. The fraction of sp³-hybridized carbons (Fsp3) is 0. The van der Waals surface area contributed by atoms with E-state index >= 15 is 0 Å². The van der Waals surface area contributed by atoms with Gasteiger partial charge in [-0.15, -0.1) is 0 Å². The molecule has 0 aliphatic rings. The molecule has 0 aliphatic heterocycles. The van der Waals surface area contributed by atoms with Crippen LogP contribution in [-0.2, 0) is 0 Å². The zero-order valence-corrected chi connectivity index (χ0v) is 12.8. The lowest BCUT2D eigenvalue weighted by Crippen LogP contribution is -1.95. The lowest BCUT2D eigenvalue weighted by molar-refractivity contribution is 0.627. The van der Waals surface area contributed by atoms with Gasteiger partial charge in [0, 0.05) is 13.7 Å². The molecule has 2 aromatic rings. The van der Waals surface area contributed by atoms with E-state index in [-0.39, 0.29) is 5.56 Å². The smallest absolute Gasteiger partial charge is 0.124 e. The maximum atomic E-state index is 13.0. The lowest BCUT2D eigenvalue weighted by atomic mass is 10.2. The number of nitriles is 1. The highest BCUT2D eigenvalue weighted by atomic mass is 127. The van der Waals surface area contributed by atoms with Crippen molar-refractivity contribution in [2.45, 2.75) is 0 Å². The Hall–Kier alpha value is -1.13. The average molecular weight is 417 g/mol. The van der Waals surface area contributed by atoms with Crippen LogP contribution in [0.5, 0.6) is 0 Å². The summed E-state index contributed by atoms with van der Waals surface area (Å²) < 4.78 is 15.1. The Labute approximate surface area is 126 Å². The highest BCUT2D eigenvalue weighted by Gasteiger charge is 2.05. The quantitative estimate of drug-likeness (QED) is 0.713. The van der Waals surface area contributed by atoms with Crippen LogP contribution in [0.2, 0.25) is 0 Å². The van der Waals surface area contributed by atoms with Gasteiger partial charge in [-0.05, 0) is 74.9 Å². The molecule has 90 valence electrons. The highest BCUT2D eigenvalue weighted by Crippen LogP contribution is 2.26. The minimum Gasteiger partial charge on any atom is -0.354 e. The van der Waals surface area contributed by atoms with E-state index in [1.807, 2.05) is 24.3 Å². The largest absolute Gasteiger partial charge is 0.354 e. The van der Waals surface area contributed by atoms with Gasteiger partial charge in [-0.25, -0.2) is 4.39 Å². The maximum Gasteiger partial charge on any atom is 0.124 e. The molecule has 0 aromatic heterocycles. The van der Waals surface area contributed by atoms with Gasteiger partial charge in [-0.3, -0.25) is 0 Å². The first-order valence-electron chi connectivity index (χ1n) is 5.02. The normalized spacial score (nSPS) is 9.89. The van der Waals surface area contributed by atoms with Crippen molar-refractivity contribution in [1.29, 1.82) is 5.26 Å². The fourth-order valence-corrected chi connectivity index (χ4v) is 2.21. The van der Waals surface area contributed by atoms with Crippen molar-refractivity contribution in [2.75, 3.05) is 5.32 Å². The standard InChI is InChI=1S/C13H7BrFIN2/c14-11-3-2-10(6-12(11)16)18-13-4-1-9(15)5-8(13)7-17/h1-6,18H. The Bertz CT molecular complexity index is 637. The van der Waals surface area contributed by atoms with Gasteiger partial charge in [-0.1, -0.05) is 0 Å². The Morgan fingerprint density at radius 1 is 1.22 bits per heavy atom. The molecule has 2 rings (SSSR count). The van der Waals surface area contributed by atoms with Crippen LogP contribution in [0.4, 0.5) is 15.8 Å². The van der Waals surface area contributed by atoms with E-state index in [4.69, 9.17) is 5.26 Å². The first-order chi connectivity index (χ1) is 8.60. The van der Waals surface area contributed by atoms with Crippen molar-refractivity contribution in [3.05, 3.63) is 55.8 Å². The number of anilines is 2. The van der Waals surface area contributed by atoms with E-state index in [2.05, 4.69) is 43.8 Å². The van der Waals surface area contributed by atoms with E-state index in [0.29, 0.717) is 5.69 Å². The van der Waals surface area contributed by atoms with Crippen molar-refractivity contribution >= 4 is 49.9 Å². The first-order valence-corrected chi connectivity index (χ1v) is 6.89. The maximum absolute atomic E-state index is 13.0. The number of rotatable bonds is 2. The van der Waals surface area contributed by atoms with E-state index in [1.54, 1.807) is 6.07 Å². The van der Waals surface area contributed by atoms with E-state index in [0.717, 1.165) is 13.7 Å². The second-order valence-electron chi connectivity index (χ2n) is 3.56. The van der Waals surface area contributed by atoms with Crippen LogP contribution < -0.4 is 5.32 Å². The van der Waals surface area contributed by atoms with Crippen molar-refractivity contribution in [3.63, 3.8) is 0 Å². The molecule has 0 bridgehead atoms. The Balaban J connectivity index is 2.34. The van der Waals surface area contributed by atoms with Gasteiger partial charge >= 0.3 is 0 Å². The molecule has 0 amide bonds. The molecular formula is C13H7BrFIN2. The minimum atomic E-state index is -0.414. The molecule has 18 heavy (non-hydrogen) atoms. The Morgan fingerprint density at radius 3 is 2.67 bits per heavy atom.